The first kappa shape index (κ1) is 13.9. The zero-order valence-electron chi connectivity index (χ0n) is 9.14. The van der Waals surface area contributed by atoms with Gasteiger partial charge in [0.2, 0.25) is 0 Å². The molecule has 1 rings (SSSR count). The molecule has 0 saturated heterocycles. The number of rotatable bonds is 6. The van der Waals surface area contributed by atoms with Gasteiger partial charge >= 0.3 is 5.97 Å². The van der Waals surface area contributed by atoms with Crippen molar-refractivity contribution in [2.45, 2.75) is 11.7 Å². The Morgan fingerprint density at radius 1 is 1.47 bits per heavy atom. The molecule has 0 unspecified atom stereocenters. The number of benzene rings is 1. The summed E-state index contributed by atoms with van der Waals surface area (Å²) in [4.78, 5) is 11.6. The summed E-state index contributed by atoms with van der Waals surface area (Å²) in [6.45, 7) is 0.178. The molecular formula is C12H12ClNO2S. The number of nitriles is 1. The van der Waals surface area contributed by atoms with Gasteiger partial charge in [0.25, 0.3) is 0 Å². The molecule has 0 aliphatic carbocycles. The van der Waals surface area contributed by atoms with E-state index in [-0.39, 0.29) is 18.5 Å². The molecule has 0 aromatic heterocycles. The molecule has 0 aliphatic rings. The first-order chi connectivity index (χ1) is 8.27. The van der Waals surface area contributed by atoms with Gasteiger partial charge in [-0.25, -0.2) is 0 Å². The molecule has 0 radical (unpaired) electrons. The Balaban J connectivity index is 2.60. The van der Waals surface area contributed by atoms with Crippen LogP contribution in [-0.4, -0.2) is 23.7 Å². The van der Waals surface area contributed by atoms with Gasteiger partial charge in [0.1, 0.15) is 17.3 Å². The van der Waals surface area contributed by atoms with Crippen molar-refractivity contribution in [2.24, 2.45) is 0 Å². The number of halogens is 1. The Labute approximate surface area is 110 Å². The lowest BCUT2D eigenvalue weighted by Crippen LogP contribution is -2.23. The summed E-state index contributed by atoms with van der Waals surface area (Å²) in [6, 6.07) is 9.53. The van der Waals surface area contributed by atoms with Crippen LogP contribution in [0.1, 0.15) is 5.56 Å². The molecule has 0 saturated carbocycles. The lowest BCUT2D eigenvalue weighted by molar-refractivity contribution is -0.142. The van der Waals surface area contributed by atoms with E-state index in [0.717, 1.165) is 17.3 Å². The predicted molar refractivity (Wildman–Crippen MR) is 68.8 cm³/mol. The number of nitrogens with zero attached hydrogens (tertiary/aromatic N) is 1. The van der Waals surface area contributed by atoms with Crippen LogP contribution in [0, 0.1) is 10.7 Å². The fraction of sp³-hybridized carbons (Fsp3) is 0.333. The highest BCUT2D eigenvalue weighted by Gasteiger charge is 2.21. The highest BCUT2D eigenvalue weighted by atomic mass is 35.5. The summed E-state index contributed by atoms with van der Waals surface area (Å²) in [5, 5.41) is 10.1. The van der Waals surface area contributed by atoms with E-state index in [1.54, 1.807) is 0 Å². The maximum absolute atomic E-state index is 11.6. The van der Waals surface area contributed by atoms with E-state index in [1.807, 2.05) is 35.7 Å². The lowest BCUT2D eigenvalue weighted by atomic mass is 10.1. The van der Waals surface area contributed by atoms with Crippen molar-refractivity contribution in [1.82, 2.24) is 0 Å². The molecule has 1 aromatic rings. The fourth-order valence-corrected chi connectivity index (χ4v) is 1.94. The minimum atomic E-state index is -0.495. The van der Waals surface area contributed by atoms with Crippen molar-refractivity contribution in [3.05, 3.63) is 35.9 Å². The third-order valence-corrected chi connectivity index (χ3v) is 2.95. The highest BCUT2D eigenvalue weighted by Crippen LogP contribution is 2.17. The molecule has 5 heteroatoms. The number of carbonyl (C=O) groups is 1. The summed E-state index contributed by atoms with van der Waals surface area (Å²) >= 11 is 6.36. The van der Waals surface area contributed by atoms with Gasteiger partial charge in [-0.3, -0.25) is 4.79 Å². The number of carbonyl (C=O) groups excluding carboxylic acids is 1. The summed E-state index contributed by atoms with van der Waals surface area (Å²) in [7, 11) is 0. The molecule has 0 spiro atoms. The maximum atomic E-state index is 11.6. The Morgan fingerprint density at radius 2 is 2.18 bits per heavy atom. The van der Waals surface area contributed by atoms with E-state index in [0.29, 0.717) is 6.42 Å². The number of alkyl halides is 1. The minimum Gasteiger partial charge on any atom is -0.464 e. The van der Waals surface area contributed by atoms with Crippen molar-refractivity contribution in [3.8, 4) is 5.40 Å². The van der Waals surface area contributed by atoms with Crippen molar-refractivity contribution in [2.75, 3.05) is 12.5 Å². The largest absolute Gasteiger partial charge is 0.464 e. The summed E-state index contributed by atoms with van der Waals surface area (Å²) < 4.78 is 4.94. The normalized spacial score (nSPS) is 11.5. The third kappa shape index (κ3) is 5.12. The number of ether oxygens (including phenoxy) is 1. The molecule has 0 N–H and O–H groups in total. The quantitative estimate of drug-likeness (QED) is 0.452. The van der Waals surface area contributed by atoms with E-state index in [4.69, 9.17) is 21.6 Å². The van der Waals surface area contributed by atoms with Gasteiger partial charge in [-0.1, -0.05) is 30.3 Å². The molecule has 3 nitrogen and oxygen atoms in total. The van der Waals surface area contributed by atoms with Crippen LogP contribution in [0.3, 0.4) is 0 Å². The second kappa shape index (κ2) is 7.99. The van der Waals surface area contributed by atoms with Crippen LogP contribution in [-0.2, 0) is 16.0 Å². The molecule has 90 valence electrons. The van der Waals surface area contributed by atoms with Crippen molar-refractivity contribution >= 4 is 29.3 Å². The van der Waals surface area contributed by atoms with Crippen LogP contribution in [0.4, 0.5) is 0 Å². The van der Waals surface area contributed by atoms with Gasteiger partial charge in [-0.05, 0) is 23.7 Å². The van der Waals surface area contributed by atoms with E-state index >= 15 is 0 Å². The second-order valence-electron chi connectivity index (χ2n) is 3.24. The van der Waals surface area contributed by atoms with Crippen molar-refractivity contribution < 1.29 is 9.53 Å². The molecule has 0 heterocycles. The number of thioether (sulfide) groups is 1. The van der Waals surface area contributed by atoms with Crippen molar-refractivity contribution in [1.29, 1.82) is 5.26 Å². The molecule has 0 aliphatic heterocycles. The predicted octanol–water partition coefficient (Wildman–Crippen LogP) is 2.59. The van der Waals surface area contributed by atoms with Crippen molar-refractivity contribution in [3.63, 3.8) is 0 Å². The van der Waals surface area contributed by atoms with E-state index in [9.17, 15) is 4.79 Å². The van der Waals surface area contributed by atoms with Gasteiger partial charge in [-0.2, -0.15) is 5.26 Å². The first-order valence-electron chi connectivity index (χ1n) is 5.09. The van der Waals surface area contributed by atoms with Crippen LogP contribution in [0.5, 0.6) is 0 Å². The monoisotopic (exact) mass is 269 g/mol. The van der Waals surface area contributed by atoms with E-state index in [2.05, 4.69) is 0 Å². The molecule has 1 aromatic carbocycles. The number of thiocyanates is 1. The molecule has 0 bridgehead atoms. The SMILES string of the molecule is N#CS[C@@H](Cc1ccccc1)C(=O)OCCCl. The zero-order valence-corrected chi connectivity index (χ0v) is 10.7. The standard InChI is InChI=1S/C12H12ClNO2S/c13-6-7-16-12(15)11(17-9-14)8-10-4-2-1-3-5-10/h1-5,11H,6-8H2/t11-/m0/s1. The Hall–Kier alpha value is -1.18. The average molecular weight is 270 g/mol. The van der Waals surface area contributed by atoms with E-state index in [1.165, 1.54) is 0 Å². The van der Waals surface area contributed by atoms with E-state index < -0.39 is 5.25 Å². The molecular weight excluding hydrogens is 258 g/mol. The van der Waals surface area contributed by atoms with Crippen LogP contribution in [0.25, 0.3) is 0 Å². The molecule has 0 amide bonds. The van der Waals surface area contributed by atoms with Crippen LogP contribution >= 0.6 is 23.4 Å². The smallest absolute Gasteiger partial charge is 0.320 e. The summed E-state index contributed by atoms with van der Waals surface area (Å²) in [5.41, 5.74) is 1.00. The summed E-state index contributed by atoms with van der Waals surface area (Å²) in [6.07, 6.45) is 0.486. The van der Waals surface area contributed by atoms with Crippen LogP contribution in [0.2, 0.25) is 0 Å². The molecule has 0 fully saturated rings. The van der Waals surface area contributed by atoms with Crippen LogP contribution < -0.4 is 0 Å². The fourth-order valence-electron chi connectivity index (χ4n) is 1.30. The number of hydrogen-bond acceptors (Lipinski definition) is 4. The third-order valence-electron chi connectivity index (χ3n) is 2.04. The first-order valence-corrected chi connectivity index (χ1v) is 6.50. The Kier molecular flexibility index (Phi) is 6.53. The average Bonchev–Trinajstić information content (AvgIpc) is 2.36. The lowest BCUT2D eigenvalue weighted by Gasteiger charge is -2.11. The highest BCUT2D eigenvalue weighted by molar-refractivity contribution is 8.04. The van der Waals surface area contributed by atoms with Gasteiger partial charge in [0.05, 0.1) is 5.88 Å². The van der Waals surface area contributed by atoms with Gasteiger partial charge < -0.3 is 4.74 Å². The minimum absolute atomic E-state index is 0.178. The van der Waals surface area contributed by atoms with Gasteiger partial charge in [0.15, 0.2) is 0 Å². The Morgan fingerprint density at radius 3 is 2.76 bits per heavy atom. The Bertz CT molecular complexity index is 391. The van der Waals surface area contributed by atoms with Gasteiger partial charge in [0, 0.05) is 0 Å². The second-order valence-corrected chi connectivity index (χ2v) is 4.61. The number of hydrogen-bond donors (Lipinski definition) is 0. The van der Waals surface area contributed by atoms with Gasteiger partial charge in [-0.15, -0.1) is 11.6 Å². The maximum Gasteiger partial charge on any atom is 0.320 e. The summed E-state index contributed by atoms with van der Waals surface area (Å²) in [5.74, 6) is -0.123. The topological polar surface area (TPSA) is 50.1 Å². The molecule has 1 atom stereocenters. The van der Waals surface area contributed by atoms with Crippen LogP contribution in [0.15, 0.2) is 30.3 Å². The molecule has 17 heavy (non-hydrogen) atoms. The number of esters is 1. The zero-order chi connectivity index (χ0) is 12.5.